The summed E-state index contributed by atoms with van der Waals surface area (Å²) >= 11 is 0. The van der Waals surface area contributed by atoms with Gasteiger partial charge < -0.3 is 10.6 Å². The maximum atomic E-state index is 12.7. The van der Waals surface area contributed by atoms with Crippen LogP contribution in [0.25, 0.3) is 11.1 Å². The molecule has 2 N–H and O–H groups in total. The second-order valence-corrected chi connectivity index (χ2v) is 6.40. The van der Waals surface area contributed by atoms with Gasteiger partial charge in [0.25, 0.3) is 5.91 Å². The molecule has 4 nitrogen and oxygen atoms in total. The van der Waals surface area contributed by atoms with Crippen molar-refractivity contribution in [2.24, 2.45) is 5.73 Å². The number of nitrogens with zero attached hydrogens (tertiary/aromatic N) is 1. The largest absolute Gasteiger partial charge is 0.368 e. The van der Waals surface area contributed by atoms with Crippen molar-refractivity contribution in [2.45, 2.75) is 32.7 Å². The Hall–Kier alpha value is -2.62. The van der Waals surface area contributed by atoms with Gasteiger partial charge in [-0.2, -0.15) is 0 Å². The summed E-state index contributed by atoms with van der Waals surface area (Å²) in [6, 6.07) is 13.3. The number of primary amides is 1. The summed E-state index contributed by atoms with van der Waals surface area (Å²) < 4.78 is 0. The third kappa shape index (κ3) is 2.92. The maximum absolute atomic E-state index is 12.7. The van der Waals surface area contributed by atoms with Crippen LogP contribution in [0, 0.1) is 13.8 Å². The predicted molar refractivity (Wildman–Crippen MR) is 94.6 cm³/mol. The van der Waals surface area contributed by atoms with Gasteiger partial charge in [0.2, 0.25) is 5.91 Å². The maximum Gasteiger partial charge on any atom is 0.254 e. The minimum atomic E-state index is -0.476. The van der Waals surface area contributed by atoms with Gasteiger partial charge in [-0.1, -0.05) is 30.3 Å². The van der Waals surface area contributed by atoms with Crippen molar-refractivity contribution >= 4 is 11.8 Å². The van der Waals surface area contributed by atoms with E-state index >= 15 is 0 Å². The van der Waals surface area contributed by atoms with Crippen LogP contribution in [-0.2, 0) is 4.79 Å². The van der Waals surface area contributed by atoms with E-state index in [1.807, 2.05) is 30.3 Å². The fourth-order valence-corrected chi connectivity index (χ4v) is 3.52. The van der Waals surface area contributed by atoms with Gasteiger partial charge in [-0.25, -0.2) is 0 Å². The monoisotopic (exact) mass is 322 g/mol. The summed E-state index contributed by atoms with van der Waals surface area (Å²) in [4.78, 5) is 25.7. The Balaban J connectivity index is 1.87. The average Bonchev–Trinajstić information content (AvgIpc) is 3.04. The lowest BCUT2D eigenvalue weighted by Gasteiger charge is -2.22. The zero-order valence-electron chi connectivity index (χ0n) is 14.1. The SMILES string of the molecule is Cc1cccc(C)c1-c1ccc(C(=O)N2CCCC2C(N)=O)cc1. The van der Waals surface area contributed by atoms with E-state index in [0.717, 1.165) is 12.0 Å². The minimum Gasteiger partial charge on any atom is -0.368 e. The van der Waals surface area contributed by atoms with E-state index in [1.54, 1.807) is 4.90 Å². The Morgan fingerprint density at radius 1 is 1.04 bits per heavy atom. The second-order valence-electron chi connectivity index (χ2n) is 6.40. The van der Waals surface area contributed by atoms with E-state index in [0.29, 0.717) is 18.5 Å². The summed E-state index contributed by atoms with van der Waals surface area (Å²) in [6.07, 6.45) is 1.47. The Morgan fingerprint density at radius 2 is 1.67 bits per heavy atom. The molecular weight excluding hydrogens is 300 g/mol. The normalized spacial score (nSPS) is 17.1. The highest BCUT2D eigenvalue weighted by molar-refractivity contribution is 5.98. The van der Waals surface area contributed by atoms with Crippen molar-refractivity contribution in [2.75, 3.05) is 6.54 Å². The standard InChI is InChI=1S/C20H22N2O2/c1-13-5-3-6-14(2)18(13)15-8-10-16(11-9-15)20(24)22-12-4-7-17(22)19(21)23/h3,5-6,8-11,17H,4,7,12H2,1-2H3,(H2,21,23). The molecule has 1 heterocycles. The molecule has 0 aromatic heterocycles. The number of hydrogen-bond acceptors (Lipinski definition) is 2. The number of nitrogens with two attached hydrogens (primary N) is 1. The van der Waals surface area contributed by atoms with E-state index in [9.17, 15) is 9.59 Å². The molecule has 2 aromatic rings. The number of likely N-dealkylation sites (tertiary alicyclic amines) is 1. The molecule has 1 fully saturated rings. The number of benzene rings is 2. The van der Waals surface area contributed by atoms with E-state index in [-0.39, 0.29) is 5.91 Å². The smallest absolute Gasteiger partial charge is 0.254 e. The molecule has 1 unspecified atom stereocenters. The van der Waals surface area contributed by atoms with Crippen molar-refractivity contribution in [3.05, 3.63) is 59.2 Å². The van der Waals surface area contributed by atoms with Crippen LogP contribution < -0.4 is 5.73 Å². The van der Waals surface area contributed by atoms with Gasteiger partial charge in [-0.3, -0.25) is 9.59 Å². The lowest BCUT2D eigenvalue weighted by Crippen LogP contribution is -2.43. The van der Waals surface area contributed by atoms with E-state index < -0.39 is 11.9 Å². The molecule has 4 heteroatoms. The van der Waals surface area contributed by atoms with Crippen LogP contribution in [0.1, 0.15) is 34.3 Å². The van der Waals surface area contributed by atoms with Crippen molar-refractivity contribution in [1.29, 1.82) is 0 Å². The molecule has 0 bridgehead atoms. The highest BCUT2D eigenvalue weighted by Crippen LogP contribution is 2.28. The van der Waals surface area contributed by atoms with Crippen LogP contribution in [0.2, 0.25) is 0 Å². The van der Waals surface area contributed by atoms with Gasteiger partial charge in [0.15, 0.2) is 0 Å². The van der Waals surface area contributed by atoms with Crippen LogP contribution in [0.5, 0.6) is 0 Å². The molecule has 1 saturated heterocycles. The third-order valence-corrected chi connectivity index (χ3v) is 4.74. The summed E-state index contributed by atoms with van der Waals surface area (Å²) in [7, 11) is 0. The Labute approximate surface area is 142 Å². The van der Waals surface area contributed by atoms with Crippen LogP contribution >= 0.6 is 0 Å². The molecule has 0 radical (unpaired) electrons. The van der Waals surface area contributed by atoms with E-state index in [1.165, 1.54) is 16.7 Å². The van der Waals surface area contributed by atoms with Crippen LogP contribution in [-0.4, -0.2) is 29.3 Å². The first kappa shape index (κ1) is 16.2. The van der Waals surface area contributed by atoms with Crippen LogP contribution in [0.3, 0.4) is 0 Å². The lowest BCUT2D eigenvalue weighted by atomic mass is 9.95. The third-order valence-electron chi connectivity index (χ3n) is 4.74. The number of hydrogen-bond donors (Lipinski definition) is 1. The summed E-state index contributed by atoms with van der Waals surface area (Å²) in [6.45, 7) is 4.76. The number of aryl methyl sites for hydroxylation is 2. The van der Waals surface area contributed by atoms with Crippen molar-refractivity contribution in [3.63, 3.8) is 0 Å². The topological polar surface area (TPSA) is 63.4 Å². The fraction of sp³-hybridized carbons (Fsp3) is 0.300. The molecule has 124 valence electrons. The molecule has 1 aliphatic heterocycles. The number of rotatable bonds is 3. The van der Waals surface area contributed by atoms with Gasteiger partial charge in [-0.05, 0) is 61.1 Å². The summed E-state index contributed by atoms with van der Waals surface area (Å²) in [5.74, 6) is -0.544. The number of carbonyl (C=O) groups is 2. The quantitative estimate of drug-likeness (QED) is 0.944. The highest BCUT2D eigenvalue weighted by atomic mass is 16.2. The first-order valence-corrected chi connectivity index (χ1v) is 8.26. The number of carbonyl (C=O) groups excluding carboxylic acids is 2. The Morgan fingerprint density at radius 3 is 2.25 bits per heavy atom. The highest BCUT2D eigenvalue weighted by Gasteiger charge is 2.33. The summed E-state index contributed by atoms with van der Waals surface area (Å²) in [5, 5.41) is 0. The van der Waals surface area contributed by atoms with Crippen LogP contribution in [0.4, 0.5) is 0 Å². The van der Waals surface area contributed by atoms with E-state index in [2.05, 4.69) is 26.0 Å². The lowest BCUT2D eigenvalue weighted by molar-refractivity contribution is -0.121. The first-order valence-electron chi connectivity index (χ1n) is 8.26. The zero-order chi connectivity index (χ0) is 17.3. The molecule has 24 heavy (non-hydrogen) atoms. The Kier molecular flexibility index (Phi) is 4.38. The van der Waals surface area contributed by atoms with Gasteiger partial charge in [0.05, 0.1) is 0 Å². The molecule has 1 aliphatic rings. The van der Waals surface area contributed by atoms with Gasteiger partial charge in [-0.15, -0.1) is 0 Å². The van der Waals surface area contributed by atoms with Crippen molar-refractivity contribution in [3.8, 4) is 11.1 Å². The molecule has 2 aromatic carbocycles. The predicted octanol–water partition coefficient (Wildman–Crippen LogP) is 3.06. The molecule has 0 saturated carbocycles. The van der Waals surface area contributed by atoms with Crippen molar-refractivity contribution in [1.82, 2.24) is 4.90 Å². The molecule has 0 spiro atoms. The second kappa shape index (κ2) is 6.48. The van der Waals surface area contributed by atoms with Gasteiger partial charge in [0, 0.05) is 12.1 Å². The van der Waals surface area contributed by atoms with E-state index in [4.69, 9.17) is 5.73 Å². The fourth-order valence-electron chi connectivity index (χ4n) is 3.52. The minimum absolute atomic E-state index is 0.121. The molecule has 2 amide bonds. The number of amides is 2. The van der Waals surface area contributed by atoms with Gasteiger partial charge in [0.1, 0.15) is 6.04 Å². The first-order chi connectivity index (χ1) is 11.5. The molecule has 0 aliphatic carbocycles. The molecular formula is C20H22N2O2. The Bertz CT molecular complexity index is 760. The average molecular weight is 322 g/mol. The van der Waals surface area contributed by atoms with Gasteiger partial charge >= 0.3 is 0 Å². The summed E-state index contributed by atoms with van der Waals surface area (Å²) in [5.41, 5.74) is 10.7. The molecule has 1 atom stereocenters. The van der Waals surface area contributed by atoms with Crippen LogP contribution in [0.15, 0.2) is 42.5 Å². The molecule has 3 rings (SSSR count). The zero-order valence-corrected chi connectivity index (χ0v) is 14.1. The van der Waals surface area contributed by atoms with Crippen molar-refractivity contribution < 1.29 is 9.59 Å².